The largest absolute Gasteiger partial charge is 0.491 e. The number of anilines is 1. The van der Waals surface area contributed by atoms with Gasteiger partial charge >= 0.3 is 23.9 Å². The van der Waals surface area contributed by atoms with E-state index in [1.807, 2.05) is 95.9 Å². The standard InChI is InChI=1S/C55H52N4O11/c1-5-30-56-49(61)44-46-52(64)70-47(38-21-13-8-14-22-38)45(37-19-11-7-12-20-37)59(46)48(39-25-27-40(28-26-39)69-32-31-60)55(44)42-33-35(16-15-23-41(50(62)67-3)51(63)68-4)24-29-43(42)58(53(55)65)54(66)57-34(2)36-17-9-6-10-18-36/h5-14,17-22,24-29,33-34,41,44-48,60H,1,23,30-32H2,2-4H3,(H,56,61)(H,57,66)/t34-,44-,45-,46-,47+,48+,55-/m1/s1. The van der Waals surface area contributed by atoms with Crippen LogP contribution in [0, 0.1) is 23.7 Å². The van der Waals surface area contributed by atoms with Gasteiger partial charge in [-0.1, -0.05) is 121 Å². The van der Waals surface area contributed by atoms with Crippen LogP contribution in [-0.2, 0) is 43.6 Å². The van der Waals surface area contributed by atoms with Gasteiger partial charge in [-0.05, 0) is 65.1 Å². The lowest BCUT2D eigenvalue weighted by Gasteiger charge is -2.46. The molecule has 0 unspecified atom stereocenters. The number of nitrogens with one attached hydrogen (secondary N) is 2. The number of morpholine rings is 1. The van der Waals surface area contributed by atoms with Crippen molar-refractivity contribution in [1.29, 1.82) is 0 Å². The molecule has 8 rings (SSSR count). The van der Waals surface area contributed by atoms with E-state index in [9.17, 15) is 14.7 Å². The number of methoxy groups -OCH3 is 2. The Bertz CT molecular complexity index is 2820. The molecule has 2 saturated heterocycles. The van der Waals surface area contributed by atoms with Crippen molar-refractivity contribution < 1.29 is 52.8 Å². The van der Waals surface area contributed by atoms with Gasteiger partial charge in [0.1, 0.15) is 29.9 Å². The molecule has 5 aromatic carbocycles. The predicted molar refractivity (Wildman–Crippen MR) is 257 cm³/mol. The highest BCUT2D eigenvalue weighted by atomic mass is 16.6. The predicted octanol–water partition coefficient (Wildman–Crippen LogP) is 6.20. The Kier molecular flexibility index (Phi) is 14.6. The van der Waals surface area contributed by atoms with E-state index in [0.29, 0.717) is 28.0 Å². The molecular formula is C55H52N4O11. The lowest BCUT2D eigenvalue weighted by molar-refractivity contribution is -0.178. The van der Waals surface area contributed by atoms with Gasteiger partial charge in [0.15, 0.2) is 5.92 Å². The first-order chi connectivity index (χ1) is 34.0. The summed E-state index contributed by atoms with van der Waals surface area (Å²) in [5.74, 6) is -0.531. The number of imide groups is 1. The average molecular weight is 945 g/mol. The van der Waals surface area contributed by atoms with Crippen LogP contribution in [0.25, 0.3) is 0 Å². The number of aliphatic hydroxyl groups excluding tert-OH is 1. The molecular weight excluding hydrogens is 893 g/mol. The zero-order valence-corrected chi connectivity index (χ0v) is 38.8. The van der Waals surface area contributed by atoms with Gasteiger partial charge < -0.3 is 34.7 Å². The fourth-order valence-electron chi connectivity index (χ4n) is 10.1. The van der Waals surface area contributed by atoms with Crippen LogP contribution < -0.4 is 20.3 Å². The van der Waals surface area contributed by atoms with Crippen molar-refractivity contribution in [2.24, 2.45) is 11.8 Å². The van der Waals surface area contributed by atoms with E-state index < -0.39 is 83.3 Å². The van der Waals surface area contributed by atoms with Crippen molar-refractivity contribution >= 4 is 41.4 Å². The number of hydrogen-bond donors (Lipinski definition) is 3. The monoisotopic (exact) mass is 944 g/mol. The number of rotatable bonds is 14. The summed E-state index contributed by atoms with van der Waals surface area (Å²) in [5, 5.41) is 15.5. The first kappa shape index (κ1) is 48.4. The highest BCUT2D eigenvalue weighted by Crippen LogP contribution is 2.66. The van der Waals surface area contributed by atoms with Gasteiger partial charge in [-0.3, -0.25) is 28.9 Å². The molecule has 5 aromatic rings. The van der Waals surface area contributed by atoms with Crippen LogP contribution in [0.5, 0.6) is 5.75 Å². The van der Waals surface area contributed by atoms with Crippen molar-refractivity contribution in [2.45, 2.75) is 49.0 Å². The lowest BCUT2D eigenvalue weighted by Crippen LogP contribution is -2.56. The second-order valence-electron chi connectivity index (χ2n) is 17.0. The van der Waals surface area contributed by atoms with E-state index in [0.717, 1.165) is 24.7 Å². The van der Waals surface area contributed by atoms with Crippen LogP contribution in [0.4, 0.5) is 10.5 Å². The van der Waals surface area contributed by atoms with E-state index >= 15 is 19.2 Å². The molecule has 15 nitrogen and oxygen atoms in total. The molecule has 358 valence electrons. The molecule has 0 saturated carbocycles. The Morgan fingerprint density at radius 2 is 1.46 bits per heavy atom. The van der Waals surface area contributed by atoms with Gasteiger partial charge in [-0.15, -0.1) is 6.58 Å². The zero-order valence-electron chi connectivity index (χ0n) is 38.8. The van der Waals surface area contributed by atoms with Crippen molar-refractivity contribution in [3.05, 3.63) is 179 Å². The number of aliphatic hydroxyl groups is 1. The molecule has 3 N–H and O–H groups in total. The number of benzene rings is 5. The molecule has 3 aliphatic rings. The van der Waals surface area contributed by atoms with Crippen LogP contribution in [0.1, 0.15) is 71.0 Å². The van der Waals surface area contributed by atoms with Crippen LogP contribution in [0.2, 0.25) is 0 Å². The molecule has 0 aliphatic carbocycles. The maximum absolute atomic E-state index is 16.5. The third-order valence-corrected chi connectivity index (χ3v) is 13.1. The van der Waals surface area contributed by atoms with E-state index in [1.54, 1.807) is 49.4 Å². The maximum Gasteiger partial charge on any atom is 0.329 e. The molecule has 0 bridgehead atoms. The smallest absolute Gasteiger partial charge is 0.329 e. The number of nitrogens with zero attached hydrogens (tertiary/aromatic N) is 2. The van der Waals surface area contributed by atoms with Crippen LogP contribution in [0.15, 0.2) is 146 Å². The van der Waals surface area contributed by atoms with Gasteiger partial charge in [0.05, 0.1) is 50.6 Å². The van der Waals surface area contributed by atoms with Crippen molar-refractivity contribution in [3.63, 3.8) is 0 Å². The second kappa shape index (κ2) is 21.1. The number of hydrogen-bond acceptors (Lipinski definition) is 12. The summed E-state index contributed by atoms with van der Waals surface area (Å²) in [4.78, 5) is 90.3. The number of esters is 3. The molecule has 0 radical (unpaired) electrons. The topological polar surface area (TPSA) is 190 Å². The highest BCUT2D eigenvalue weighted by molar-refractivity contribution is 6.24. The molecule has 2 fully saturated rings. The maximum atomic E-state index is 16.5. The minimum atomic E-state index is -2.10. The first-order valence-electron chi connectivity index (χ1n) is 22.8. The SMILES string of the molecule is C=CCNC(=O)[C@H]1[C@@H]2C(=O)O[C@@H](c3ccccc3)[C@@H](c3ccccc3)N2[C@@H](c2ccc(OCCO)cc2)[C@]12C(=O)N(C(=O)N[C@H](C)c1ccccc1)c1ccc(C#CCC(C(=O)OC)C(=O)OC)cc12. The number of amides is 4. The summed E-state index contributed by atoms with van der Waals surface area (Å²) in [6, 6.07) is 34.6. The summed E-state index contributed by atoms with van der Waals surface area (Å²) < 4.78 is 22.0. The number of carbonyl (C=O) groups excluding carboxylic acids is 6. The van der Waals surface area contributed by atoms with E-state index in [1.165, 1.54) is 6.08 Å². The van der Waals surface area contributed by atoms with Gasteiger partial charge in [-0.25, -0.2) is 9.69 Å². The summed E-state index contributed by atoms with van der Waals surface area (Å²) in [5.41, 5.74) is 1.16. The number of cyclic esters (lactones) is 1. The fourth-order valence-corrected chi connectivity index (χ4v) is 10.1. The Morgan fingerprint density at radius 3 is 2.07 bits per heavy atom. The van der Waals surface area contributed by atoms with Gasteiger partial charge in [0.2, 0.25) is 11.8 Å². The lowest BCUT2D eigenvalue weighted by atomic mass is 9.65. The number of ether oxygens (including phenoxy) is 4. The van der Waals surface area contributed by atoms with E-state index in [4.69, 9.17) is 18.9 Å². The normalized spacial score (nSPS) is 21.6. The van der Waals surface area contributed by atoms with Gasteiger partial charge in [-0.2, -0.15) is 0 Å². The first-order valence-corrected chi connectivity index (χ1v) is 22.8. The summed E-state index contributed by atoms with van der Waals surface area (Å²) >= 11 is 0. The van der Waals surface area contributed by atoms with Crippen molar-refractivity contribution in [2.75, 3.05) is 38.9 Å². The molecule has 70 heavy (non-hydrogen) atoms. The van der Waals surface area contributed by atoms with Crippen LogP contribution in [0.3, 0.4) is 0 Å². The van der Waals surface area contributed by atoms with E-state index in [2.05, 4.69) is 29.1 Å². The molecule has 3 heterocycles. The quantitative estimate of drug-likeness (QED) is 0.0377. The Morgan fingerprint density at radius 1 is 0.829 bits per heavy atom. The third-order valence-electron chi connectivity index (χ3n) is 13.1. The molecule has 3 aliphatic heterocycles. The molecule has 1 spiro atoms. The summed E-state index contributed by atoms with van der Waals surface area (Å²) in [7, 11) is 2.29. The Balaban J connectivity index is 1.42. The summed E-state index contributed by atoms with van der Waals surface area (Å²) in [6.45, 7) is 5.33. The van der Waals surface area contributed by atoms with Gasteiger partial charge in [0, 0.05) is 18.5 Å². The van der Waals surface area contributed by atoms with Crippen molar-refractivity contribution in [3.8, 4) is 17.6 Å². The Labute approximate surface area is 405 Å². The molecule has 15 heteroatoms. The number of fused-ring (bicyclic) bond motifs is 3. The fraction of sp³-hybridized carbons (Fsp3) is 0.273. The average Bonchev–Trinajstić information content (AvgIpc) is 3.85. The minimum Gasteiger partial charge on any atom is -0.491 e. The van der Waals surface area contributed by atoms with Crippen LogP contribution in [-0.4, -0.2) is 85.8 Å². The molecule has 4 amide bonds. The van der Waals surface area contributed by atoms with Crippen molar-refractivity contribution in [1.82, 2.24) is 15.5 Å². The minimum absolute atomic E-state index is 0.00823. The number of urea groups is 1. The van der Waals surface area contributed by atoms with Gasteiger partial charge in [0.25, 0.3) is 0 Å². The third kappa shape index (κ3) is 8.90. The van der Waals surface area contributed by atoms with E-state index in [-0.39, 0.29) is 37.4 Å². The summed E-state index contributed by atoms with van der Waals surface area (Å²) in [6.07, 6.45) is 0.245. The number of carbonyl (C=O) groups is 6. The highest BCUT2D eigenvalue weighted by Gasteiger charge is 2.75. The molecule has 7 atom stereocenters. The zero-order chi connectivity index (χ0) is 49.5. The Hall–Kier alpha value is -8.06. The van der Waals surface area contributed by atoms with Crippen LogP contribution >= 0.6 is 0 Å². The second-order valence-corrected chi connectivity index (χ2v) is 17.0. The molecule has 0 aromatic heterocycles.